The highest BCUT2D eigenvalue weighted by atomic mass is 16.4. The van der Waals surface area contributed by atoms with Gasteiger partial charge in [0.05, 0.1) is 0 Å². The van der Waals surface area contributed by atoms with E-state index in [-0.39, 0.29) is 0 Å². The predicted molar refractivity (Wildman–Crippen MR) is 58.4 cm³/mol. The average Bonchev–Trinajstić information content (AvgIpc) is 1.97. The molecule has 0 aliphatic heterocycles. The van der Waals surface area contributed by atoms with Crippen LogP contribution in [0.5, 0.6) is 0 Å². The third-order valence-electron chi connectivity index (χ3n) is 2.35. The Morgan fingerprint density at radius 3 is 2.36 bits per heavy atom. The van der Waals surface area contributed by atoms with Crippen molar-refractivity contribution in [3.05, 3.63) is 12.7 Å². The van der Waals surface area contributed by atoms with E-state index >= 15 is 0 Å². The standard InChI is InChI=1S/C11H21NO2/c1-6-9(8(2)3)7-11(4,5)12-10(13)14/h6,8-9,12H,1,7H2,2-5H3,(H,13,14)/t9-/m1/s1. The second-order valence-corrected chi connectivity index (χ2v) is 4.66. The van der Waals surface area contributed by atoms with E-state index in [4.69, 9.17) is 5.11 Å². The van der Waals surface area contributed by atoms with Crippen molar-refractivity contribution in [1.82, 2.24) is 5.32 Å². The highest BCUT2D eigenvalue weighted by molar-refractivity contribution is 5.65. The summed E-state index contributed by atoms with van der Waals surface area (Å²) < 4.78 is 0. The number of rotatable bonds is 5. The lowest BCUT2D eigenvalue weighted by Gasteiger charge is -2.30. The molecule has 0 rings (SSSR count). The summed E-state index contributed by atoms with van der Waals surface area (Å²) in [6.45, 7) is 11.8. The molecule has 0 saturated carbocycles. The summed E-state index contributed by atoms with van der Waals surface area (Å²) in [6, 6.07) is 0. The van der Waals surface area contributed by atoms with Gasteiger partial charge in [-0.15, -0.1) is 6.58 Å². The van der Waals surface area contributed by atoms with E-state index in [0.717, 1.165) is 6.42 Å². The van der Waals surface area contributed by atoms with E-state index in [1.807, 2.05) is 19.9 Å². The Morgan fingerprint density at radius 2 is 2.07 bits per heavy atom. The van der Waals surface area contributed by atoms with E-state index < -0.39 is 11.6 Å². The number of hydrogen-bond donors (Lipinski definition) is 2. The molecule has 0 aromatic carbocycles. The van der Waals surface area contributed by atoms with Gasteiger partial charge in [-0.25, -0.2) is 4.79 Å². The summed E-state index contributed by atoms with van der Waals surface area (Å²) in [5, 5.41) is 11.1. The van der Waals surface area contributed by atoms with Crippen molar-refractivity contribution < 1.29 is 9.90 Å². The summed E-state index contributed by atoms with van der Waals surface area (Å²) in [7, 11) is 0. The monoisotopic (exact) mass is 199 g/mol. The Balaban J connectivity index is 4.31. The molecule has 0 spiro atoms. The van der Waals surface area contributed by atoms with Crippen molar-refractivity contribution in [2.24, 2.45) is 11.8 Å². The van der Waals surface area contributed by atoms with Crippen LogP contribution in [0.1, 0.15) is 34.1 Å². The van der Waals surface area contributed by atoms with E-state index in [1.54, 1.807) is 0 Å². The molecule has 0 bridgehead atoms. The third kappa shape index (κ3) is 4.90. The highest BCUT2D eigenvalue weighted by Crippen LogP contribution is 2.23. The quantitative estimate of drug-likeness (QED) is 0.669. The first kappa shape index (κ1) is 13.0. The Labute approximate surface area is 86.2 Å². The SMILES string of the molecule is C=C[C@H](CC(C)(C)NC(=O)O)C(C)C. The van der Waals surface area contributed by atoms with E-state index in [0.29, 0.717) is 11.8 Å². The van der Waals surface area contributed by atoms with Crippen molar-refractivity contribution in [1.29, 1.82) is 0 Å². The molecule has 0 saturated heterocycles. The second kappa shape index (κ2) is 5.03. The Morgan fingerprint density at radius 1 is 1.57 bits per heavy atom. The van der Waals surface area contributed by atoms with Crippen LogP contribution in [-0.2, 0) is 0 Å². The number of hydrogen-bond acceptors (Lipinski definition) is 1. The summed E-state index contributed by atoms with van der Waals surface area (Å²) in [5.41, 5.74) is -0.394. The molecule has 82 valence electrons. The molecule has 1 amide bonds. The molecule has 0 radical (unpaired) electrons. The minimum atomic E-state index is -0.971. The van der Waals surface area contributed by atoms with Gasteiger partial charge >= 0.3 is 6.09 Å². The van der Waals surface area contributed by atoms with Gasteiger partial charge in [-0.1, -0.05) is 19.9 Å². The smallest absolute Gasteiger partial charge is 0.405 e. The average molecular weight is 199 g/mol. The molecular formula is C11H21NO2. The maximum atomic E-state index is 10.5. The van der Waals surface area contributed by atoms with Gasteiger partial charge in [-0.2, -0.15) is 0 Å². The van der Waals surface area contributed by atoms with Gasteiger partial charge < -0.3 is 10.4 Å². The van der Waals surface area contributed by atoms with Crippen molar-refractivity contribution in [2.75, 3.05) is 0 Å². The molecule has 0 aromatic rings. The molecule has 1 atom stereocenters. The number of carbonyl (C=O) groups is 1. The summed E-state index contributed by atoms with van der Waals surface area (Å²) in [6.07, 6.45) is 1.71. The van der Waals surface area contributed by atoms with Gasteiger partial charge in [0.25, 0.3) is 0 Å². The number of nitrogens with one attached hydrogen (secondary N) is 1. The molecule has 2 N–H and O–H groups in total. The topological polar surface area (TPSA) is 49.3 Å². The fraction of sp³-hybridized carbons (Fsp3) is 0.727. The number of amides is 1. The summed E-state index contributed by atoms with van der Waals surface area (Å²) in [5.74, 6) is 0.833. The molecule has 3 nitrogen and oxygen atoms in total. The molecule has 3 heteroatoms. The molecule has 0 fully saturated rings. The first-order valence-electron chi connectivity index (χ1n) is 4.92. The van der Waals surface area contributed by atoms with Crippen LogP contribution in [0.4, 0.5) is 4.79 Å². The Bertz CT molecular complexity index is 209. The molecule has 0 aliphatic rings. The summed E-state index contributed by atoms with van der Waals surface area (Å²) in [4.78, 5) is 10.5. The molecular weight excluding hydrogens is 178 g/mol. The van der Waals surface area contributed by atoms with Gasteiger partial charge in [0.1, 0.15) is 0 Å². The van der Waals surface area contributed by atoms with E-state index in [9.17, 15) is 4.79 Å². The fourth-order valence-electron chi connectivity index (χ4n) is 1.52. The lowest BCUT2D eigenvalue weighted by molar-refractivity contribution is 0.176. The van der Waals surface area contributed by atoms with Crippen LogP contribution < -0.4 is 5.32 Å². The van der Waals surface area contributed by atoms with Crippen molar-refractivity contribution in [3.63, 3.8) is 0 Å². The largest absolute Gasteiger partial charge is 0.465 e. The van der Waals surface area contributed by atoms with E-state index in [2.05, 4.69) is 25.7 Å². The molecule has 0 unspecified atom stereocenters. The van der Waals surface area contributed by atoms with E-state index in [1.165, 1.54) is 0 Å². The highest BCUT2D eigenvalue weighted by Gasteiger charge is 2.24. The van der Waals surface area contributed by atoms with Crippen LogP contribution in [0.25, 0.3) is 0 Å². The number of allylic oxidation sites excluding steroid dienone is 1. The second-order valence-electron chi connectivity index (χ2n) is 4.66. The molecule has 14 heavy (non-hydrogen) atoms. The minimum absolute atomic E-state index is 0.344. The minimum Gasteiger partial charge on any atom is -0.465 e. The van der Waals surface area contributed by atoms with Crippen LogP contribution in [0.2, 0.25) is 0 Å². The Hall–Kier alpha value is -0.990. The zero-order valence-electron chi connectivity index (χ0n) is 9.50. The van der Waals surface area contributed by atoms with Crippen LogP contribution in [0.3, 0.4) is 0 Å². The van der Waals surface area contributed by atoms with Gasteiger partial charge in [-0.3, -0.25) is 0 Å². The zero-order chi connectivity index (χ0) is 11.4. The van der Waals surface area contributed by atoms with Crippen LogP contribution in [0.15, 0.2) is 12.7 Å². The van der Waals surface area contributed by atoms with Gasteiger partial charge in [0, 0.05) is 5.54 Å². The van der Waals surface area contributed by atoms with Crippen molar-refractivity contribution >= 4 is 6.09 Å². The first-order valence-corrected chi connectivity index (χ1v) is 4.92. The summed E-state index contributed by atoms with van der Waals surface area (Å²) >= 11 is 0. The van der Waals surface area contributed by atoms with Crippen LogP contribution >= 0.6 is 0 Å². The van der Waals surface area contributed by atoms with Crippen molar-refractivity contribution in [3.8, 4) is 0 Å². The van der Waals surface area contributed by atoms with Crippen LogP contribution in [-0.4, -0.2) is 16.7 Å². The van der Waals surface area contributed by atoms with Gasteiger partial charge in [0.15, 0.2) is 0 Å². The van der Waals surface area contributed by atoms with Gasteiger partial charge in [-0.05, 0) is 32.1 Å². The lowest BCUT2D eigenvalue weighted by atomic mass is 9.84. The zero-order valence-corrected chi connectivity index (χ0v) is 9.50. The first-order chi connectivity index (χ1) is 6.28. The third-order valence-corrected chi connectivity index (χ3v) is 2.35. The molecule has 0 heterocycles. The molecule has 0 aliphatic carbocycles. The Kier molecular flexibility index (Phi) is 4.68. The van der Waals surface area contributed by atoms with Crippen LogP contribution in [0, 0.1) is 11.8 Å². The van der Waals surface area contributed by atoms with Crippen molar-refractivity contribution in [2.45, 2.75) is 39.7 Å². The number of carboxylic acid groups (broad SMARTS) is 1. The maximum absolute atomic E-state index is 10.5. The predicted octanol–water partition coefficient (Wildman–Crippen LogP) is 2.88. The molecule has 0 aromatic heterocycles. The fourth-order valence-corrected chi connectivity index (χ4v) is 1.52. The maximum Gasteiger partial charge on any atom is 0.405 e. The lowest BCUT2D eigenvalue weighted by Crippen LogP contribution is -2.44. The normalized spacial score (nSPS) is 13.8. The van der Waals surface area contributed by atoms with Gasteiger partial charge in [0.2, 0.25) is 0 Å².